The third-order valence-electron chi connectivity index (χ3n) is 6.68. The number of aromatic nitrogens is 2. The molecule has 0 aliphatic carbocycles. The zero-order valence-electron chi connectivity index (χ0n) is 22.8. The highest BCUT2D eigenvalue weighted by Crippen LogP contribution is 2.38. The lowest BCUT2D eigenvalue weighted by Crippen LogP contribution is -2.32. The van der Waals surface area contributed by atoms with Gasteiger partial charge in [-0.15, -0.1) is 0 Å². The fourth-order valence-electron chi connectivity index (χ4n) is 4.64. The first-order valence-corrected chi connectivity index (χ1v) is 13.0. The molecule has 204 valence electrons. The zero-order chi connectivity index (χ0) is 28.2. The Labute approximate surface area is 232 Å². The number of ether oxygens (including phenoxy) is 2. The summed E-state index contributed by atoms with van der Waals surface area (Å²) in [6.45, 7) is 6.28. The number of nitrogens with one attached hydrogen (secondary N) is 3. The van der Waals surface area contributed by atoms with E-state index < -0.39 is 6.04 Å². The standard InChI is InChI=1S/C31H31N5O4/c1-5-40-25-14-8-21(9-15-25)28-27(31(38)35-23-12-16-24(39-4)17-13-23)20(3)33-29-26(18-32-36(28)29)30(37)34-22-10-6-19(2)7-11-22/h6-18,28,33H,5H2,1-4H3,(H,34,37)(H,35,38)/t28-/m0/s1. The molecule has 5 rings (SSSR count). The van der Waals surface area contributed by atoms with Crippen molar-refractivity contribution in [2.75, 3.05) is 29.7 Å². The van der Waals surface area contributed by atoms with Crippen molar-refractivity contribution in [3.05, 3.63) is 107 Å². The molecule has 1 atom stereocenters. The number of hydrogen-bond donors (Lipinski definition) is 3. The SMILES string of the molecule is CCOc1ccc([C@H]2C(C(=O)Nc3ccc(OC)cc3)=C(C)Nc3c(C(=O)Nc4ccc(C)cc4)cnn32)cc1. The van der Waals surface area contributed by atoms with Crippen molar-refractivity contribution >= 4 is 29.0 Å². The van der Waals surface area contributed by atoms with E-state index in [0.717, 1.165) is 16.9 Å². The normalized spacial score (nSPS) is 14.2. The van der Waals surface area contributed by atoms with Gasteiger partial charge in [-0.3, -0.25) is 9.59 Å². The number of anilines is 3. The summed E-state index contributed by atoms with van der Waals surface area (Å²) in [4.78, 5) is 27.0. The highest BCUT2D eigenvalue weighted by molar-refractivity contribution is 6.09. The lowest BCUT2D eigenvalue weighted by Gasteiger charge is -2.30. The fourth-order valence-corrected chi connectivity index (χ4v) is 4.64. The predicted octanol–water partition coefficient (Wildman–Crippen LogP) is 5.78. The predicted molar refractivity (Wildman–Crippen MR) is 155 cm³/mol. The maximum absolute atomic E-state index is 13.7. The molecule has 2 heterocycles. The van der Waals surface area contributed by atoms with E-state index in [9.17, 15) is 9.59 Å². The summed E-state index contributed by atoms with van der Waals surface area (Å²) in [5.74, 6) is 1.33. The Morgan fingerprint density at radius 2 is 1.48 bits per heavy atom. The van der Waals surface area contributed by atoms with Crippen LogP contribution >= 0.6 is 0 Å². The van der Waals surface area contributed by atoms with E-state index in [0.29, 0.717) is 46.4 Å². The summed E-state index contributed by atoms with van der Waals surface area (Å²) >= 11 is 0. The largest absolute Gasteiger partial charge is 0.497 e. The molecule has 0 saturated carbocycles. The molecule has 0 spiro atoms. The maximum Gasteiger partial charge on any atom is 0.261 e. The maximum atomic E-state index is 13.7. The second-order valence-electron chi connectivity index (χ2n) is 9.42. The molecule has 9 heteroatoms. The van der Waals surface area contributed by atoms with E-state index in [4.69, 9.17) is 9.47 Å². The lowest BCUT2D eigenvalue weighted by molar-refractivity contribution is -0.113. The number of methoxy groups -OCH3 is 1. The molecule has 0 fully saturated rings. The number of benzene rings is 3. The monoisotopic (exact) mass is 537 g/mol. The Kier molecular flexibility index (Phi) is 7.54. The van der Waals surface area contributed by atoms with Crippen molar-refractivity contribution in [1.29, 1.82) is 0 Å². The number of nitrogens with zero attached hydrogens (tertiary/aromatic N) is 2. The molecule has 1 aliphatic heterocycles. The highest BCUT2D eigenvalue weighted by Gasteiger charge is 2.35. The van der Waals surface area contributed by atoms with Gasteiger partial charge in [0, 0.05) is 17.1 Å². The van der Waals surface area contributed by atoms with Gasteiger partial charge >= 0.3 is 0 Å². The second-order valence-corrected chi connectivity index (χ2v) is 9.42. The number of allylic oxidation sites excluding steroid dienone is 1. The highest BCUT2D eigenvalue weighted by atomic mass is 16.5. The minimum Gasteiger partial charge on any atom is -0.497 e. The van der Waals surface area contributed by atoms with Gasteiger partial charge in [0.2, 0.25) is 0 Å². The number of hydrogen-bond acceptors (Lipinski definition) is 6. The average Bonchev–Trinajstić information content (AvgIpc) is 3.38. The fraction of sp³-hybridized carbons (Fsp3) is 0.194. The molecule has 3 N–H and O–H groups in total. The van der Waals surface area contributed by atoms with Crippen LogP contribution in [-0.2, 0) is 4.79 Å². The first-order chi connectivity index (χ1) is 19.4. The van der Waals surface area contributed by atoms with Gasteiger partial charge in [-0.25, -0.2) is 4.68 Å². The third kappa shape index (κ3) is 5.40. The van der Waals surface area contributed by atoms with Crippen molar-refractivity contribution in [2.24, 2.45) is 0 Å². The van der Waals surface area contributed by atoms with Crippen LogP contribution < -0.4 is 25.4 Å². The number of aryl methyl sites for hydroxylation is 1. The summed E-state index contributed by atoms with van der Waals surface area (Å²) in [7, 11) is 1.59. The van der Waals surface area contributed by atoms with Crippen LogP contribution in [0.3, 0.4) is 0 Å². The zero-order valence-corrected chi connectivity index (χ0v) is 22.8. The Bertz CT molecular complexity index is 1560. The summed E-state index contributed by atoms with van der Waals surface area (Å²) < 4.78 is 12.5. The Morgan fingerprint density at radius 1 is 0.875 bits per heavy atom. The molecule has 1 aromatic heterocycles. The number of carbonyl (C=O) groups excluding carboxylic acids is 2. The van der Waals surface area contributed by atoms with Crippen LogP contribution in [0, 0.1) is 6.92 Å². The van der Waals surface area contributed by atoms with Crippen molar-refractivity contribution in [1.82, 2.24) is 9.78 Å². The molecule has 4 aromatic rings. The van der Waals surface area contributed by atoms with Crippen molar-refractivity contribution < 1.29 is 19.1 Å². The van der Waals surface area contributed by atoms with Crippen molar-refractivity contribution in [3.63, 3.8) is 0 Å². The second kappa shape index (κ2) is 11.4. The minimum absolute atomic E-state index is 0.291. The molecule has 0 radical (unpaired) electrons. The van der Waals surface area contributed by atoms with Crippen molar-refractivity contribution in [2.45, 2.75) is 26.8 Å². The van der Waals surface area contributed by atoms with Gasteiger partial charge in [0.15, 0.2) is 0 Å². The van der Waals surface area contributed by atoms with E-state index in [-0.39, 0.29) is 11.8 Å². The molecule has 0 bridgehead atoms. The Balaban J connectivity index is 1.51. The summed E-state index contributed by atoms with van der Waals surface area (Å²) in [5, 5.41) is 13.8. The van der Waals surface area contributed by atoms with E-state index in [1.165, 1.54) is 6.20 Å². The number of carbonyl (C=O) groups is 2. The van der Waals surface area contributed by atoms with Crippen LogP contribution in [0.15, 0.2) is 90.3 Å². The third-order valence-corrected chi connectivity index (χ3v) is 6.68. The lowest BCUT2D eigenvalue weighted by atomic mass is 9.94. The van der Waals surface area contributed by atoms with Gasteiger partial charge in [-0.05, 0) is 74.9 Å². The van der Waals surface area contributed by atoms with E-state index in [1.54, 1.807) is 36.1 Å². The first-order valence-electron chi connectivity index (χ1n) is 13.0. The number of amides is 2. The van der Waals surface area contributed by atoms with Gasteiger partial charge in [0.05, 0.1) is 25.5 Å². The summed E-state index contributed by atoms with van der Waals surface area (Å²) in [6, 6.07) is 21.7. The molecule has 1 aliphatic rings. The average molecular weight is 538 g/mol. The van der Waals surface area contributed by atoms with Crippen molar-refractivity contribution in [3.8, 4) is 11.5 Å². The van der Waals surface area contributed by atoms with Crippen LogP contribution in [0.5, 0.6) is 11.5 Å². The number of fused-ring (bicyclic) bond motifs is 1. The Hall–Kier alpha value is -5.05. The summed E-state index contributed by atoms with van der Waals surface area (Å²) in [6.07, 6.45) is 1.52. The first kappa shape index (κ1) is 26.6. The van der Waals surface area contributed by atoms with Gasteiger partial charge < -0.3 is 25.4 Å². The molecular weight excluding hydrogens is 506 g/mol. The molecule has 40 heavy (non-hydrogen) atoms. The number of rotatable bonds is 8. The smallest absolute Gasteiger partial charge is 0.261 e. The van der Waals surface area contributed by atoms with Gasteiger partial charge in [-0.1, -0.05) is 29.8 Å². The molecule has 3 aromatic carbocycles. The molecule has 9 nitrogen and oxygen atoms in total. The molecule has 0 unspecified atom stereocenters. The topological polar surface area (TPSA) is 107 Å². The van der Waals surface area contributed by atoms with Crippen LogP contribution in [0.2, 0.25) is 0 Å². The molecular formula is C31H31N5O4. The summed E-state index contributed by atoms with van der Waals surface area (Å²) in [5.41, 5.74) is 4.68. The van der Waals surface area contributed by atoms with Gasteiger partial charge in [-0.2, -0.15) is 5.10 Å². The van der Waals surface area contributed by atoms with Crippen LogP contribution in [0.25, 0.3) is 0 Å². The van der Waals surface area contributed by atoms with E-state index in [2.05, 4.69) is 21.0 Å². The quantitative estimate of drug-likeness (QED) is 0.263. The van der Waals surface area contributed by atoms with Crippen LogP contribution in [0.1, 0.15) is 41.4 Å². The molecule has 2 amide bonds. The van der Waals surface area contributed by atoms with E-state index in [1.807, 2.05) is 69.3 Å². The minimum atomic E-state index is -0.592. The van der Waals surface area contributed by atoms with Crippen LogP contribution in [0.4, 0.5) is 17.2 Å². The van der Waals surface area contributed by atoms with Gasteiger partial charge in [0.1, 0.15) is 28.9 Å². The Morgan fingerprint density at radius 3 is 2.10 bits per heavy atom. The van der Waals surface area contributed by atoms with E-state index >= 15 is 0 Å². The van der Waals surface area contributed by atoms with Crippen LogP contribution in [-0.4, -0.2) is 35.3 Å². The molecule has 0 saturated heterocycles. The van der Waals surface area contributed by atoms with Gasteiger partial charge in [0.25, 0.3) is 11.8 Å².